The highest BCUT2D eigenvalue weighted by Crippen LogP contribution is 2.24. The van der Waals surface area contributed by atoms with E-state index < -0.39 is 10.1 Å². The fraction of sp³-hybridized carbons (Fsp3) is 0.200. The lowest BCUT2D eigenvalue weighted by molar-refractivity contribution is 0.481. The second kappa shape index (κ2) is 5.15. The molecule has 4 heteroatoms. The van der Waals surface area contributed by atoms with Crippen LogP contribution in [0.4, 0.5) is 0 Å². The fourth-order valence-electron chi connectivity index (χ4n) is 2.36. The molecule has 0 aliphatic rings. The zero-order valence-corrected chi connectivity index (χ0v) is 11.7. The first kappa shape index (κ1) is 13.8. The third-order valence-corrected chi connectivity index (χ3v) is 4.09. The average Bonchev–Trinajstić information content (AvgIpc) is 2.27. The van der Waals surface area contributed by atoms with Gasteiger partial charge in [0.15, 0.2) is 0 Å². The molecular formula is C15H16O3S. The Labute approximate surface area is 113 Å². The van der Waals surface area contributed by atoms with Crippen molar-refractivity contribution in [2.75, 3.05) is 0 Å². The van der Waals surface area contributed by atoms with Crippen molar-refractivity contribution in [2.45, 2.75) is 25.2 Å². The van der Waals surface area contributed by atoms with E-state index in [0.717, 1.165) is 11.1 Å². The molecule has 0 bridgehead atoms. The Kier molecular flexibility index (Phi) is 3.73. The summed E-state index contributed by atoms with van der Waals surface area (Å²) in [6.45, 7) is 3.61. The van der Waals surface area contributed by atoms with E-state index >= 15 is 0 Å². The van der Waals surface area contributed by atoms with Gasteiger partial charge in [-0.25, -0.2) is 0 Å². The van der Waals surface area contributed by atoms with Crippen LogP contribution in [-0.4, -0.2) is 13.0 Å². The molecule has 0 amide bonds. The minimum Gasteiger partial charge on any atom is -0.282 e. The molecule has 0 aliphatic carbocycles. The minimum atomic E-state index is -4.20. The van der Waals surface area contributed by atoms with E-state index in [1.165, 1.54) is 0 Å². The molecule has 0 unspecified atom stereocenters. The second-order valence-electron chi connectivity index (χ2n) is 4.71. The molecular weight excluding hydrogens is 260 g/mol. The maximum absolute atomic E-state index is 11.5. The predicted molar refractivity (Wildman–Crippen MR) is 75.0 cm³/mol. The molecule has 0 heterocycles. The minimum absolute atomic E-state index is 0.0296. The zero-order valence-electron chi connectivity index (χ0n) is 10.9. The highest BCUT2D eigenvalue weighted by molar-refractivity contribution is 7.86. The zero-order chi connectivity index (χ0) is 14.0. The van der Waals surface area contributed by atoms with E-state index in [-0.39, 0.29) is 4.90 Å². The summed E-state index contributed by atoms with van der Waals surface area (Å²) in [5.74, 6) is 0. The van der Waals surface area contributed by atoms with Crippen LogP contribution in [0, 0.1) is 13.8 Å². The van der Waals surface area contributed by atoms with Crippen LogP contribution in [0.2, 0.25) is 0 Å². The van der Waals surface area contributed by atoms with Gasteiger partial charge in [-0.2, -0.15) is 8.42 Å². The van der Waals surface area contributed by atoms with E-state index in [1.54, 1.807) is 13.0 Å². The summed E-state index contributed by atoms with van der Waals surface area (Å²) in [6.07, 6.45) is 0.485. The van der Waals surface area contributed by atoms with Gasteiger partial charge in [0.25, 0.3) is 10.1 Å². The Hall–Kier alpha value is -1.65. The van der Waals surface area contributed by atoms with Crippen molar-refractivity contribution in [3.8, 4) is 0 Å². The molecule has 2 rings (SSSR count). The summed E-state index contributed by atoms with van der Waals surface area (Å²) in [5, 5.41) is 0. The van der Waals surface area contributed by atoms with Crippen molar-refractivity contribution in [1.82, 2.24) is 0 Å². The SMILES string of the molecule is Cc1cc(C)c(S(=O)(=O)O)c(Cc2ccccc2)c1. The van der Waals surface area contributed by atoms with Gasteiger partial charge in [-0.1, -0.05) is 48.0 Å². The molecule has 1 N–H and O–H groups in total. The highest BCUT2D eigenvalue weighted by atomic mass is 32.2. The second-order valence-corrected chi connectivity index (χ2v) is 6.07. The summed E-state index contributed by atoms with van der Waals surface area (Å²) >= 11 is 0. The van der Waals surface area contributed by atoms with Crippen LogP contribution in [0.3, 0.4) is 0 Å². The van der Waals surface area contributed by atoms with E-state index in [2.05, 4.69) is 0 Å². The smallest absolute Gasteiger partial charge is 0.282 e. The van der Waals surface area contributed by atoms with E-state index in [9.17, 15) is 13.0 Å². The Morgan fingerprint density at radius 1 is 1.05 bits per heavy atom. The molecule has 0 radical (unpaired) electrons. The van der Waals surface area contributed by atoms with Crippen LogP contribution in [0.1, 0.15) is 22.3 Å². The Morgan fingerprint density at radius 2 is 1.68 bits per heavy atom. The molecule has 0 spiro atoms. The van der Waals surface area contributed by atoms with Crippen molar-refractivity contribution < 1.29 is 13.0 Å². The van der Waals surface area contributed by atoms with Crippen molar-refractivity contribution >= 4 is 10.1 Å². The lowest BCUT2D eigenvalue weighted by atomic mass is 10.0. The first-order valence-corrected chi connectivity index (χ1v) is 7.43. The van der Waals surface area contributed by atoms with Crippen LogP contribution < -0.4 is 0 Å². The predicted octanol–water partition coefficient (Wildman–Crippen LogP) is 3.14. The normalized spacial score (nSPS) is 11.5. The molecule has 0 atom stereocenters. The number of hydrogen-bond donors (Lipinski definition) is 1. The summed E-state index contributed by atoms with van der Waals surface area (Å²) in [6, 6.07) is 13.2. The van der Waals surface area contributed by atoms with Gasteiger partial charge in [0.2, 0.25) is 0 Å². The van der Waals surface area contributed by atoms with Gasteiger partial charge in [0, 0.05) is 0 Å². The van der Waals surface area contributed by atoms with Gasteiger partial charge in [0.1, 0.15) is 4.90 Å². The van der Waals surface area contributed by atoms with Crippen LogP contribution in [0.25, 0.3) is 0 Å². The van der Waals surface area contributed by atoms with Gasteiger partial charge in [-0.15, -0.1) is 0 Å². The molecule has 0 aromatic heterocycles. The molecule has 19 heavy (non-hydrogen) atoms. The molecule has 0 aliphatic heterocycles. The largest absolute Gasteiger partial charge is 0.295 e. The lowest BCUT2D eigenvalue weighted by Gasteiger charge is -2.12. The summed E-state index contributed by atoms with van der Waals surface area (Å²) in [7, 11) is -4.20. The number of rotatable bonds is 3. The fourth-order valence-corrected chi connectivity index (χ4v) is 3.29. The van der Waals surface area contributed by atoms with Gasteiger partial charge in [-0.3, -0.25) is 4.55 Å². The van der Waals surface area contributed by atoms with Crippen molar-refractivity contribution in [3.63, 3.8) is 0 Å². The molecule has 100 valence electrons. The summed E-state index contributed by atoms with van der Waals surface area (Å²) in [4.78, 5) is 0.0296. The van der Waals surface area contributed by atoms with Gasteiger partial charge in [-0.05, 0) is 37.0 Å². The van der Waals surface area contributed by atoms with Crippen molar-refractivity contribution in [1.29, 1.82) is 0 Å². The number of benzene rings is 2. The highest BCUT2D eigenvalue weighted by Gasteiger charge is 2.19. The van der Waals surface area contributed by atoms with E-state index in [1.807, 2.05) is 43.3 Å². The van der Waals surface area contributed by atoms with E-state index in [0.29, 0.717) is 17.5 Å². The molecule has 0 saturated carbocycles. The molecule has 3 nitrogen and oxygen atoms in total. The Bertz CT molecular complexity index is 689. The number of aryl methyl sites for hydroxylation is 2. The molecule has 2 aromatic rings. The lowest BCUT2D eigenvalue weighted by Crippen LogP contribution is -2.07. The van der Waals surface area contributed by atoms with Gasteiger partial charge < -0.3 is 0 Å². The standard InChI is InChI=1S/C15H16O3S/c1-11-8-12(2)15(19(16,17)18)14(9-11)10-13-6-4-3-5-7-13/h3-9H,10H2,1-2H3,(H,16,17,18). The topological polar surface area (TPSA) is 54.4 Å². The Balaban J connectivity index is 2.56. The quantitative estimate of drug-likeness (QED) is 0.876. The van der Waals surface area contributed by atoms with Crippen molar-refractivity contribution in [3.05, 3.63) is 64.7 Å². The van der Waals surface area contributed by atoms with Crippen LogP contribution >= 0.6 is 0 Å². The third-order valence-electron chi connectivity index (χ3n) is 2.99. The average molecular weight is 276 g/mol. The molecule has 2 aromatic carbocycles. The molecule has 0 fully saturated rings. The first-order valence-electron chi connectivity index (χ1n) is 5.99. The van der Waals surface area contributed by atoms with Crippen LogP contribution in [0.15, 0.2) is 47.4 Å². The summed E-state index contributed by atoms with van der Waals surface area (Å²) in [5.41, 5.74) is 3.20. The summed E-state index contributed by atoms with van der Waals surface area (Å²) < 4.78 is 32.5. The van der Waals surface area contributed by atoms with Crippen molar-refractivity contribution in [2.24, 2.45) is 0 Å². The Morgan fingerprint density at radius 3 is 2.26 bits per heavy atom. The monoisotopic (exact) mass is 276 g/mol. The molecule has 0 saturated heterocycles. The maximum Gasteiger partial charge on any atom is 0.295 e. The van der Waals surface area contributed by atoms with Gasteiger partial charge >= 0.3 is 0 Å². The van der Waals surface area contributed by atoms with Gasteiger partial charge in [0.05, 0.1) is 0 Å². The van der Waals surface area contributed by atoms with Crippen LogP contribution in [0.5, 0.6) is 0 Å². The van der Waals surface area contributed by atoms with Crippen LogP contribution in [-0.2, 0) is 16.5 Å². The third kappa shape index (κ3) is 3.22. The maximum atomic E-state index is 11.5. The van der Waals surface area contributed by atoms with E-state index in [4.69, 9.17) is 0 Å². The number of hydrogen-bond acceptors (Lipinski definition) is 2. The first-order chi connectivity index (χ1) is 8.88.